The molecule has 2 amide bonds. The minimum Gasteiger partial charge on any atom is -0.496 e. The molecule has 0 radical (unpaired) electrons. The smallest absolute Gasteiger partial charge is 0.261 e. The van der Waals surface area contributed by atoms with Crippen LogP contribution in [0.25, 0.3) is 16.9 Å². The molecule has 1 aliphatic rings. The number of nitrogens with one attached hydrogen (secondary N) is 1. The van der Waals surface area contributed by atoms with Gasteiger partial charge < -0.3 is 20.1 Å². The number of hydrogen-bond acceptors (Lipinski definition) is 7. The van der Waals surface area contributed by atoms with Crippen molar-refractivity contribution in [2.45, 2.75) is 31.8 Å². The van der Waals surface area contributed by atoms with E-state index >= 15 is 0 Å². The SMILES string of the molecule is COc1ccc(Cl)cc1-c1nn(CC(=O)N2CCCCC2CO)cc1NC(=O)c1cnn2cccnc12. The van der Waals surface area contributed by atoms with Gasteiger partial charge in [-0.1, -0.05) is 11.6 Å². The van der Waals surface area contributed by atoms with Gasteiger partial charge in [-0.25, -0.2) is 9.50 Å². The van der Waals surface area contributed by atoms with Gasteiger partial charge in [-0.05, 0) is 43.5 Å². The lowest BCUT2D eigenvalue weighted by Gasteiger charge is -2.34. The second kappa shape index (κ2) is 10.6. The summed E-state index contributed by atoms with van der Waals surface area (Å²) in [5.74, 6) is -0.0840. The number of carbonyl (C=O) groups excluding carboxylic acids is 2. The van der Waals surface area contributed by atoms with Crippen molar-refractivity contribution in [2.75, 3.05) is 25.6 Å². The largest absolute Gasteiger partial charge is 0.496 e. The summed E-state index contributed by atoms with van der Waals surface area (Å²) >= 11 is 6.27. The van der Waals surface area contributed by atoms with Gasteiger partial charge in [0.2, 0.25) is 5.91 Å². The molecule has 2 N–H and O–H groups in total. The molecule has 1 atom stereocenters. The summed E-state index contributed by atoms with van der Waals surface area (Å²) < 4.78 is 8.50. The predicted octanol–water partition coefficient (Wildman–Crippen LogP) is 2.88. The van der Waals surface area contributed by atoms with Crippen molar-refractivity contribution in [3.05, 3.63) is 59.6 Å². The van der Waals surface area contributed by atoms with Crippen LogP contribution in [0.3, 0.4) is 0 Å². The van der Waals surface area contributed by atoms with Gasteiger partial charge in [0.15, 0.2) is 5.65 Å². The third-order valence-electron chi connectivity index (χ3n) is 6.41. The molecule has 37 heavy (non-hydrogen) atoms. The number of piperidine rings is 1. The molecule has 1 fully saturated rings. The molecule has 5 rings (SSSR count). The van der Waals surface area contributed by atoms with Crippen LogP contribution in [0.2, 0.25) is 5.02 Å². The van der Waals surface area contributed by atoms with Crippen molar-refractivity contribution >= 4 is 34.7 Å². The first kappa shape index (κ1) is 24.7. The highest BCUT2D eigenvalue weighted by molar-refractivity contribution is 6.31. The van der Waals surface area contributed by atoms with Crippen LogP contribution in [0.4, 0.5) is 5.69 Å². The summed E-state index contributed by atoms with van der Waals surface area (Å²) in [5.41, 5.74) is 2.01. The lowest BCUT2D eigenvalue weighted by Crippen LogP contribution is -2.46. The van der Waals surface area contributed by atoms with E-state index in [-0.39, 0.29) is 30.7 Å². The first-order valence-corrected chi connectivity index (χ1v) is 12.3. The third-order valence-corrected chi connectivity index (χ3v) is 6.64. The van der Waals surface area contributed by atoms with Crippen LogP contribution in [0, 0.1) is 0 Å². The summed E-state index contributed by atoms with van der Waals surface area (Å²) in [7, 11) is 1.53. The van der Waals surface area contributed by atoms with Gasteiger partial charge in [0, 0.05) is 35.7 Å². The molecule has 1 unspecified atom stereocenters. The molecule has 192 valence electrons. The summed E-state index contributed by atoms with van der Waals surface area (Å²) in [4.78, 5) is 32.3. The number of benzene rings is 1. The Bertz CT molecular complexity index is 1450. The average molecular weight is 524 g/mol. The van der Waals surface area contributed by atoms with E-state index in [4.69, 9.17) is 16.3 Å². The maximum Gasteiger partial charge on any atom is 0.261 e. The van der Waals surface area contributed by atoms with E-state index in [0.29, 0.717) is 39.9 Å². The number of ether oxygens (including phenoxy) is 1. The number of aromatic nitrogens is 5. The van der Waals surface area contributed by atoms with Crippen molar-refractivity contribution in [3.8, 4) is 17.0 Å². The lowest BCUT2D eigenvalue weighted by atomic mass is 10.0. The molecule has 0 spiro atoms. The Morgan fingerprint density at radius 1 is 1.30 bits per heavy atom. The summed E-state index contributed by atoms with van der Waals surface area (Å²) in [6.45, 7) is 0.455. The summed E-state index contributed by atoms with van der Waals surface area (Å²) in [6, 6.07) is 6.61. The molecule has 4 aromatic rings. The summed E-state index contributed by atoms with van der Waals surface area (Å²) in [5, 5.41) is 21.9. The zero-order chi connectivity index (χ0) is 25.9. The number of likely N-dealkylation sites (tertiary alicyclic amines) is 1. The average Bonchev–Trinajstić information content (AvgIpc) is 3.52. The van der Waals surface area contributed by atoms with Crippen LogP contribution in [0.15, 0.2) is 49.1 Å². The minimum atomic E-state index is -0.432. The zero-order valence-electron chi connectivity index (χ0n) is 20.2. The van der Waals surface area contributed by atoms with Gasteiger partial charge in [-0.3, -0.25) is 14.3 Å². The maximum absolute atomic E-state index is 13.3. The number of aliphatic hydroxyl groups excluding tert-OH is 1. The second-order valence-corrected chi connectivity index (χ2v) is 9.19. The molecular formula is C25H26ClN7O4. The fourth-order valence-corrected chi connectivity index (χ4v) is 4.76. The van der Waals surface area contributed by atoms with Crippen LogP contribution in [0.5, 0.6) is 5.75 Å². The van der Waals surface area contributed by atoms with Gasteiger partial charge in [0.05, 0.1) is 31.6 Å². The number of carbonyl (C=O) groups is 2. The van der Waals surface area contributed by atoms with Crippen molar-refractivity contribution < 1.29 is 19.4 Å². The minimum absolute atomic E-state index is 0.0550. The number of rotatable bonds is 7. The van der Waals surface area contributed by atoms with E-state index < -0.39 is 5.91 Å². The predicted molar refractivity (Wildman–Crippen MR) is 137 cm³/mol. The molecule has 3 aromatic heterocycles. The number of aliphatic hydroxyl groups is 1. The number of hydrogen-bond donors (Lipinski definition) is 2. The Morgan fingerprint density at radius 3 is 2.97 bits per heavy atom. The molecule has 12 heteroatoms. The monoisotopic (exact) mass is 523 g/mol. The van der Waals surface area contributed by atoms with Crippen LogP contribution in [0.1, 0.15) is 29.6 Å². The van der Waals surface area contributed by atoms with Gasteiger partial charge >= 0.3 is 0 Å². The van der Waals surface area contributed by atoms with E-state index in [1.807, 2.05) is 0 Å². The number of amides is 2. The van der Waals surface area contributed by atoms with Crippen molar-refractivity contribution in [1.82, 2.24) is 29.3 Å². The first-order chi connectivity index (χ1) is 18.0. The highest BCUT2D eigenvalue weighted by Gasteiger charge is 2.27. The van der Waals surface area contributed by atoms with Gasteiger partial charge in [0.1, 0.15) is 23.6 Å². The van der Waals surface area contributed by atoms with Crippen molar-refractivity contribution in [3.63, 3.8) is 0 Å². The highest BCUT2D eigenvalue weighted by atomic mass is 35.5. The van der Waals surface area contributed by atoms with Crippen LogP contribution < -0.4 is 10.1 Å². The fourth-order valence-electron chi connectivity index (χ4n) is 4.58. The Morgan fingerprint density at radius 2 is 2.16 bits per heavy atom. The van der Waals surface area contributed by atoms with Crippen molar-refractivity contribution in [2.24, 2.45) is 0 Å². The Labute approximate surface area is 217 Å². The zero-order valence-corrected chi connectivity index (χ0v) is 20.9. The molecule has 0 saturated carbocycles. The van der Waals surface area contributed by atoms with Crippen LogP contribution in [-0.2, 0) is 11.3 Å². The normalized spacial score (nSPS) is 15.6. The topological polar surface area (TPSA) is 127 Å². The quantitative estimate of drug-likeness (QED) is 0.381. The Hall–Kier alpha value is -3.96. The molecule has 1 aliphatic heterocycles. The van der Waals surface area contributed by atoms with E-state index in [0.717, 1.165) is 19.3 Å². The van der Waals surface area contributed by atoms with E-state index in [1.54, 1.807) is 47.8 Å². The standard InChI is InChI=1S/C25H26ClN7O4/c1-37-21-7-6-16(26)11-18(21)23-20(29-25(36)19-12-28-33-10-4-8-27-24(19)33)13-31(30-23)14-22(35)32-9-3-2-5-17(32)15-34/h4,6-8,10-13,17,34H,2-3,5,9,14-15H2,1H3,(H,29,36). The van der Waals surface area contributed by atoms with Gasteiger partial charge in [-0.15, -0.1) is 0 Å². The molecular weight excluding hydrogens is 498 g/mol. The highest BCUT2D eigenvalue weighted by Crippen LogP contribution is 2.36. The van der Waals surface area contributed by atoms with Gasteiger partial charge in [0.25, 0.3) is 5.91 Å². The van der Waals surface area contributed by atoms with Crippen LogP contribution >= 0.6 is 11.6 Å². The molecule has 1 aromatic carbocycles. The lowest BCUT2D eigenvalue weighted by molar-refractivity contribution is -0.136. The third kappa shape index (κ3) is 5.00. The summed E-state index contributed by atoms with van der Waals surface area (Å²) in [6.07, 6.45) is 8.96. The number of methoxy groups -OCH3 is 1. The number of anilines is 1. The Kier molecular flexibility index (Phi) is 7.06. The molecule has 11 nitrogen and oxygen atoms in total. The van der Waals surface area contributed by atoms with Crippen molar-refractivity contribution in [1.29, 1.82) is 0 Å². The van der Waals surface area contributed by atoms with E-state index in [9.17, 15) is 14.7 Å². The first-order valence-electron chi connectivity index (χ1n) is 11.9. The van der Waals surface area contributed by atoms with Crippen LogP contribution in [-0.4, -0.2) is 72.5 Å². The molecule has 1 saturated heterocycles. The number of nitrogens with zero attached hydrogens (tertiary/aromatic N) is 6. The molecule has 0 aliphatic carbocycles. The number of halogens is 1. The maximum atomic E-state index is 13.3. The fraction of sp³-hybridized carbons (Fsp3) is 0.320. The number of fused-ring (bicyclic) bond motifs is 1. The Balaban J connectivity index is 1.50. The molecule has 0 bridgehead atoms. The molecule has 4 heterocycles. The second-order valence-electron chi connectivity index (χ2n) is 8.75. The van der Waals surface area contributed by atoms with E-state index in [2.05, 4.69) is 20.5 Å². The van der Waals surface area contributed by atoms with Gasteiger partial charge in [-0.2, -0.15) is 10.2 Å². The van der Waals surface area contributed by atoms with E-state index in [1.165, 1.54) is 22.5 Å².